The first-order chi connectivity index (χ1) is 11.5. The number of carboxylic acid groups (broad SMARTS) is 1. The van der Waals surface area contributed by atoms with Gasteiger partial charge in [0.15, 0.2) is 0 Å². The zero-order chi connectivity index (χ0) is 17.5. The van der Waals surface area contributed by atoms with E-state index in [-0.39, 0.29) is 30.7 Å². The van der Waals surface area contributed by atoms with Gasteiger partial charge in [-0.2, -0.15) is 0 Å². The van der Waals surface area contributed by atoms with Crippen molar-refractivity contribution in [2.45, 2.75) is 57.7 Å². The highest BCUT2D eigenvalue weighted by atomic mass is 16.4. The predicted octanol–water partition coefficient (Wildman–Crippen LogP) is 1.84. The molecule has 0 radical (unpaired) electrons. The number of nitrogens with one attached hydrogen (secondary N) is 2. The number of rotatable bonds is 9. The van der Waals surface area contributed by atoms with Crippen LogP contribution in [0.2, 0.25) is 0 Å². The summed E-state index contributed by atoms with van der Waals surface area (Å²) in [4.78, 5) is 24.7. The lowest BCUT2D eigenvalue weighted by atomic mass is 9.85. The van der Waals surface area contributed by atoms with Crippen LogP contribution >= 0.6 is 0 Å². The van der Waals surface area contributed by atoms with E-state index < -0.39 is 5.97 Å². The Labute approximate surface area is 142 Å². The van der Waals surface area contributed by atoms with Crippen LogP contribution in [0.15, 0.2) is 22.8 Å². The third kappa shape index (κ3) is 5.56. The summed E-state index contributed by atoms with van der Waals surface area (Å²) < 4.78 is 5.28. The highest BCUT2D eigenvalue weighted by Gasteiger charge is 2.34. The van der Waals surface area contributed by atoms with E-state index in [0.717, 1.165) is 31.4 Å². The van der Waals surface area contributed by atoms with Gasteiger partial charge in [-0.15, -0.1) is 0 Å². The van der Waals surface area contributed by atoms with Crippen molar-refractivity contribution in [1.82, 2.24) is 15.5 Å². The molecule has 7 heteroatoms. The predicted molar refractivity (Wildman–Crippen MR) is 89.9 cm³/mol. The number of urea groups is 1. The molecule has 2 rings (SSSR count). The zero-order valence-corrected chi connectivity index (χ0v) is 14.3. The lowest BCUT2D eigenvalue weighted by Crippen LogP contribution is -2.57. The largest absolute Gasteiger partial charge is 0.480 e. The van der Waals surface area contributed by atoms with Crippen LogP contribution in [0.4, 0.5) is 4.79 Å². The zero-order valence-electron chi connectivity index (χ0n) is 14.3. The van der Waals surface area contributed by atoms with Gasteiger partial charge in [-0.25, -0.2) is 4.79 Å². The Kier molecular flexibility index (Phi) is 6.66. The number of carboxylic acids is 1. The van der Waals surface area contributed by atoms with E-state index >= 15 is 0 Å². The van der Waals surface area contributed by atoms with Crippen LogP contribution in [0.1, 0.15) is 38.9 Å². The van der Waals surface area contributed by atoms with E-state index in [0.29, 0.717) is 6.54 Å². The van der Waals surface area contributed by atoms with E-state index in [4.69, 9.17) is 9.52 Å². The molecular weight excluding hydrogens is 310 g/mol. The highest BCUT2D eigenvalue weighted by molar-refractivity contribution is 5.74. The van der Waals surface area contributed by atoms with Crippen molar-refractivity contribution in [2.75, 3.05) is 13.1 Å². The smallest absolute Gasteiger partial charge is 0.317 e. The highest BCUT2D eigenvalue weighted by Crippen LogP contribution is 2.25. The molecule has 1 saturated carbocycles. The number of hydrogen-bond acceptors (Lipinski definition) is 4. The van der Waals surface area contributed by atoms with E-state index in [1.165, 1.54) is 0 Å². The lowest BCUT2D eigenvalue weighted by molar-refractivity contribution is -0.139. The molecule has 1 fully saturated rings. The maximum atomic E-state index is 12.0. The average molecular weight is 337 g/mol. The number of furan rings is 1. The second kappa shape index (κ2) is 8.73. The quantitative estimate of drug-likeness (QED) is 0.639. The summed E-state index contributed by atoms with van der Waals surface area (Å²) in [7, 11) is 0. The van der Waals surface area contributed by atoms with Crippen LogP contribution in [-0.2, 0) is 11.2 Å². The normalized spacial score (nSPS) is 21.1. The minimum atomic E-state index is -0.809. The molecule has 0 bridgehead atoms. The fourth-order valence-electron chi connectivity index (χ4n) is 3.01. The van der Waals surface area contributed by atoms with Gasteiger partial charge in [0.25, 0.3) is 0 Å². The third-order valence-corrected chi connectivity index (χ3v) is 4.49. The van der Waals surface area contributed by atoms with Crippen molar-refractivity contribution in [3.8, 4) is 0 Å². The molecule has 3 N–H and O–H groups in total. The molecular formula is C17H27N3O4. The second-order valence-electron chi connectivity index (χ2n) is 6.42. The van der Waals surface area contributed by atoms with E-state index in [2.05, 4.69) is 10.6 Å². The first-order valence-corrected chi connectivity index (χ1v) is 8.53. The number of nitrogens with zero attached hydrogens (tertiary/aromatic N) is 1. The maximum absolute atomic E-state index is 12.0. The van der Waals surface area contributed by atoms with Gasteiger partial charge < -0.3 is 20.2 Å². The Morgan fingerprint density at radius 1 is 1.46 bits per heavy atom. The molecule has 7 nitrogen and oxygen atoms in total. The summed E-state index contributed by atoms with van der Waals surface area (Å²) >= 11 is 0. The van der Waals surface area contributed by atoms with Crippen molar-refractivity contribution in [3.63, 3.8) is 0 Å². The Balaban J connectivity index is 1.62. The van der Waals surface area contributed by atoms with Gasteiger partial charge in [-0.05, 0) is 44.9 Å². The van der Waals surface area contributed by atoms with Gasteiger partial charge in [0.2, 0.25) is 0 Å². The monoisotopic (exact) mass is 337 g/mol. The number of hydrogen-bond donors (Lipinski definition) is 3. The maximum Gasteiger partial charge on any atom is 0.317 e. The van der Waals surface area contributed by atoms with E-state index in [1.54, 1.807) is 6.26 Å². The van der Waals surface area contributed by atoms with Crippen LogP contribution < -0.4 is 10.6 Å². The molecule has 1 aliphatic rings. The van der Waals surface area contributed by atoms with Crippen molar-refractivity contribution >= 4 is 12.0 Å². The standard InChI is InChI=1S/C17H27N3O4/c1-3-20(11-16(21)22)14-9-13(10-14)19-17(23)18-12(2)6-7-15-5-4-8-24-15/h4-5,8,12-14H,3,6-7,9-11H2,1-2H3,(H,21,22)(H2,18,19,23). The number of likely N-dealkylation sites (N-methyl/N-ethyl adjacent to an activating group) is 1. The lowest BCUT2D eigenvalue weighted by Gasteiger charge is -2.42. The first kappa shape index (κ1) is 18.3. The fraction of sp³-hybridized carbons (Fsp3) is 0.647. The Morgan fingerprint density at radius 3 is 2.79 bits per heavy atom. The van der Waals surface area contributed by atoms with Crippen LogP contribution in [0, 0.1) is 0 Å². The van der Waals surface area contributed by atoms with Gasteiger partial charge in [-0.3, -0.25) is 9.69 Å². The molecule has 1 aliphatic carbocycles. The molecule has 1 unspecified atom stereocenters. The van der Waals surface area contributed by atoms with Crippen LogP contribution in [0.25, 0.3) is 0 Å². The summed E-state index contributed by atoms with van der Waals surface area (Å²) in [5.41, 5.74) is 0. The average Bonchev–Trinajstić information content (AvgIpc) is 2.99. The minimum absolute atomic E-state index is 0.0594. The molecule has 1 heterocycles. The molecule has 0 aromatic carbocycles. The SMILES string of the molecule is CCN(CC(=O)O)C1CC(NC(=O)NC(C)CCc2ccco2)C1. The number of amides is 2. The van der Waals surface area contributed by atoms with Gasteiger partial charge in [-0.1, -0.05) is 6.92 Å². The molecule has 0 saturated heterocycles. The number of carbonyl (C=O) groups is 2. The van der Waals surface area contributed by atoms with Crippen LogP contribution in [0.5, 0.6) is 0 Å². The topological polar surface area (TPSA) is 94.8 Å². The molecule has 0 spiro atoms. The van der Waals surface area contributed by atoms with Crippen molar-refractivity contribution in [1.29, 1.82) is 0 Å². The van der Waals surface area contributed by atoms with Crippen molar-refractivity contribution in [3.05, 3.63) is 24.2 Å². The Morgan fingerprint density at radius 2 is 2.21 bits per heavy atom. The summed E-state index contributed by atoms with van der Waals surface area (Å²) in [5, 5.41) is 14.8. The summed E-state index contributed by atoms with van der Waals surface area (Å²) in [6.07, 6.45) is 4.86. The molecule has 2 amide bonds. The van der Waals surface area contributed by atoms with Crippen LogP contribution in [-0.4, -0.2) is 53.2 Å². The Hall–Kier alpha value is -2.02. The van der Waals surface area contributed by atoms with Gasteiger partial charge in [0.05, 0.1) is 12.8 Å². The molecule has 1 aromatic rings. The van der Waals surface area contributed by atoms with Gasteiger partial charge >= 0.3 is 12.0 Å². The van der Waals surface area contributed by atoms with Gasteiger partial charge in [0.1, 0.15) is 5.76 Å². The van der Waals surface area contributed by atoms with Crippen molar-refractivity contribution < 1.29 is 19.1 Å². The van der Waals surface area contributed by atoms with Crippen LogP contribution in [0.3, 0.4) is 0 Å². The first-order valence-electron chi connectivity index (χ1n) is 8.53. The number of aryl methyl sites for hydroxylation is 1. The van der Waals surface area contributed by atoms with Gasteiger partial charge in [0, 0.05) is 24.5 Å². The fourth-order valence-corrected chi connectivity index (χ4v) is 3.01. The second-order valence-corrected chi connectivity index (χ2v) is 6.42. The molecule has 1 aromatic heterocycles. The molecule has 134 valence electrons. The number of carbonyl (C=O) groups excluding carboxylic acids is 1. The summed E-state index contributed by atoms with van der Waals surface area (Å²) in [6.45, 7) is 4.69. The van der Waals surface area contributed by atoms with E-state index in [9.17, 15) is 9.59 Å². The minimum Gasteiger partial charge on any atom is -0.480 e. The van der Waals surface area contributed by atoms with E-state index in [1.807, 2.05) is 30.9 Å². The molecule has 0 aliphatic heterocycles. The molecule has 24 heavy (non-hydrogen) atoms. The third-order valence-electron chi connectivity index (χ3n) is 4.49. The molecule has 1 atom stereocenters. The Bertz CT molecular complexity index is 526. The summed E-state index contributed by atoms with van der Waals surface area (Å²) in [5.74, 6) is 0.111. The summed E-state index contributed by atoms with van der Waals surface area (Å²) in [6, 6.07) is 4.05. The van der Waals surface area contributed by atoms with Crippen molar-refractivity contribution in [2.24, 2.45) is 0 Å². The number of aliphatic carboxylic acids is 1.